The molecule has 10 N–H and O–H groups in total. The summed E-state index contributed by atoms with van der Waals surface area (Å²) in [6, 6.07) is 28.4. The van der Waals surface area contributed by atoms with Gasteiger partial charge in [-0.3, -0.25) is 33.6 Å². The average molecular weight is 1230 g/mol. The van der Waals surface area contributed by atoms with Gasteiger partial charge in [-0.1, -0.05) is 104 Å². The minimum Gasteiger partial charge on any atom is -0.481 e. The Morgan fingerprint density at radius 2 is 1.56 bits per heavy atom. The van der Waals surface area contributed by atoms with Gasteiger partial charge >= 0.3 is 12.1 Å². The molecule has 10 atom stereocenters. The first-order chi connectivity index (χ1) is 43.2. The molecule has 1 saturated heterocycles. The number of rotatable bonds is 19. The van der Waals surface area contributed by atoms with Crippen LogP contribution in [0.1, 0.15) is 124 Å². The third kappa shape index (κ3) is 10.7. The quantitative estimate of drug-likeness (QED) is 0.0526. The number of hydrogen-bond acceptors (Lipinski definition) is 16. The van der Waals surface area contributed by atoms with Crippen molar-refractivity contribution in [2.45, 2.75) is 140 Å². The number of carboxylic acids is 1. The Kier molecular flexibility index (Phi) is 15.7. The number of carboxylic acid groups (broad SMARTS) is 1. The van der Waals surface area contributed by atoms with E-state index in [1.54, 1.807) is 41.3 Å². The summed E-state index contributed by atoms with van der Waals surface area (Å²) >= 11 is 0. The molecule has 3 heterocycles. The topological polar surface area (TPSA) is 312 Å². The first-order valence-corrected chi connectivity index (χ1v) is 31.0. The number of nitrogens with zero attached hydrogens (tertiary/aromatic N) is 1. The molecule has 22 heteroatoms. The maximum Gasteiger partial charge on any atom is 0.407 e. The van der Waals surface area contributed by atoms with E-state index in [9.17, 15) is 53.7 Å². The molecule has 4 aromatic rings. The number of para-hydroxylation sites is 1. The number of carbonyl (C=O) groups is 8. The lowest BCUT2D eigenvalue weighted by atomic mass is 9.38. The van der Waals surface area contributed by atoms with Crippen LogP contribution in [-0.2, 0) is 67.3 Å². The Morgan fingerprint density at radius 1 is 0.844 bits per heavy atom. The number of aliphatic hydroxyl groups is 2. The van der Waals surface area contributed by atoms with E-state index in [4.69, 9.17) is 14.2 Å². The van der Waals surface area contributed by atoms with Gasteiger partial charge in [0.15, 0.2) is 23.5 Å². The molecule has 0 aromatic heterocycles. The normalized spacial score (nSPS) is 30.6. The standard InChI is InChI=1S/C68H74N8O14/c1-64-26-25-44(78)27-42(64)17-20-46-48-28-53-68(52(80)33-77,65(48,2)30-51(79)58(46)64)90-62(89-53)40-15-11-38(12-16-40)29-66-35-67(36-66,37-66)72-63(87)88-34-39-13-18-43(19-14-39)70-61(86)49(21-24-57(84)85)71-55(82)31-69-54(81)22-23-56(83)76-32-41-7-3-4-8-45(41)59-60(74-75-73-59)47-9-5-6-10-50(47)76/h3-16,18-19,25-27,46,48-49,51,53,58,62,73-75,77,79H,17,20-24,28-37H2,1-2H3,(H,69,81)(H,70,86)(H,71,82)(H,72,87)(H,84,85)/t46-,48-,49-,51-,53+,58+,62+,64-,65-,66?,67?,68+/m0/s1. The van der Waals surface area contributed by atoms with E-state index in [0.29, 0.717) is 29.8 Å². The highest BCUT2D eigenvalue weighted by Gasteiger charge is 2.76. The summed E-state index contributed by atoms with van der Waals surface area (Å²) in [4.78, 5) is 106. The van der Waals surface area contributed by atoms with Gasteiger partial charge in [0.1, 0.15) is 19.3 Å². The lowest BCUT2D eigenvalue weighted by Crippen LogP contribution is -2.75. The highest BCUT2D eigenvalue weighted by Crippen LogP contribution is 2.71. The third-order valence-electron chi connectivity index (χ3n) is 21.0. The van der Waals surface area contributed by atoms with Gasteiger partial charge in [0, 0.05) is 63.9 Å². The second-order valence-electron chi connectivity index (χ2n) is 26.6. The number of alkyl carbamates (subject to hydrolysis) is 1. The third-order valence-corrected chi connectivity index (χ3v) is 21.0. The summed E-state index contributed by atoms with van der Waals surface area (Å²) in [5.74, 6) is -4.03. The van der Waals surface area contributed by atoms with E-state index in [2.05, 4.69) is 44.6 Å². The maximum atomic E-state index is 14.1. The van der Waals surface area contributed by atoms with Gasteiger partial charge in [-0.05, 0) is 122 Å². The van der Waals surface area contributed by atoms with Crippen molar-refractivity contribution in [2.75, 3.05) is 23.4 Å². The number of amides is 5. The molecule has 3 aliphatic heterocycles. The zero-order chi connectivity index (χ0) is 62.9. The number of fused-ring (bicyclic) bond motifs is 11. The van der Waals surface area contributed by atoms with E-state index < -0.39 is 96.1 Å². The Hall–Kier alpha value is -8.54. The summed E-state index contributed by atoms with van der Waals surface area (Å²) in [6.07, 6.45) is 6.99. The Balaban J connectivity index is 0.547. The molecule has 7 fully saturated rings. The number of hydrazine groups is 2. The number of ketones is 2. The van der Waals surface area contributed by atoms with Crippen LogP contribution in [0.25, 0.3) is 11.4 Å². The first-order valence-electron chi connectivity index (χ1n) is 31.0. The predicted octanol–water partition coefficient (Wildman–Crippen LogP) is 5.85. The molecule has 14 rings (SSSR count). The van der Waals surface area contributed by atoms with E-state index in [0.717, 1.165) is 83.3 Å². The van der Waals surface area contributed by atoms with Crippen LogP contribution in [0.15, 0.2) is 121 Å². The molecule has 2 bridgehead atoms. The van der Waals surface area contributed by atoms with Crippen molar-refractivity contribution >= 4 is 70.0 Å². The molecule has 6 saturated carbocycles. The smallest absolute Gasteiger partial charge is 0.407 e. The Bertz CT molecular complexity index is 3700. The first kappa shape index (κ1) is 60.4. The molecular formula is C68H74N8O14. The molecule has 470 valence electrons. The van der Waals surface area contributed by atoms with Crippen LogP contribution in [-0.4, -0.2) is 105 Å². The fourth-order valence-electron chi connectivity index (χ4n) is 17.1. The zero-order valence-electron chi connectivity index (χ0n) is 50.1. The number of aliphatic carboxylic acids is 1. The van der Waals surface area contributed by atoms with Crippen molar-refractivity contribution in [1.82, 2.24) is 32.3 Å². The molecule has 7 aliphatic carbocycles. The number of carbonyl (C=O) groups excluding carboxylic acids is 7. The Labute approximate surface area is 519 Å². The van der Waals surface area contributed by atoms with Crippen molar-refractivity contribution in [3.05, 3.63) is 154 Å². The van der Waals surface area contributed by atoms with Gasteiger partial charge in [0.25, 0.3) is 0 Å². The largest absolute Gasteiger partial charge is 0.481 e. The van der Waals surface area contributed by atoms with Crippen LogP contribution < -0.4 is 42.6 Å². The minimum atomic E-state index is -1.44. The molecule has 0 spiro atoms. The lowest BCUT2D eigenvalue weighted by Gasteiger charge is -2.70. The fourth-order valence-corrected chi connectivity index (χ4v) is 17.1. The SMILES string of the molecule is C[C@]12C=CC(=O)C=C1CC[C@@H]1[C@@H]2[C@@H](O)C[C@@]2(C)[C@H]1C[C@H]1O[C@@H](c3ccc(CC45CC(NC(=O)OCc6ccc(NC(=O)[C@H](CCC(=O)O)NC(=O)CNC(=O)CCC(=O)N7Cc8ccccc8C8=C(NNN8)c8ccccc87)cc6)(C4)C5)cc3)O[C@]12C(=O)CO. The number of ether oxygens (including phenoxy) is 3. The fraction of sp³-hybridized carbons (Fsp3) is 0.441. The van der Waals surface area contributed by atoms with Crippen LogP contribution in [0.3, 0.4) is 0 Å². The highest BCUT2D eigenvalue weighted by atomic mass is 16.7. The zero-order valence-corrected chi connectivity index (χ0v) is 50.1. The average Bonchev–Trinajstić information content (AvgIpc) is 1.21. The van der Waals surface area contributed by atoms with Crippen LogP contribution in [0.5, 0.6) is 0 Å². The van der Waals surface area contributed by atoms with Crippen molar-refractivity contribution in [3.8, 4) is 0 Å². The monoisotopic (exact) mass is 1230 g/mol. The number of allylic oxidation sites excluding steroid dienone is 4. The summed E-state index contributed by atoms with van der Waals surface area (Å²) in [7, 11) is 0. The van der Waals surface area contributed by atoms with E-state index in [1.807, 2.05) is 85.8 Å². The predicted molar refractivity (Wildman–Crippen MR) is 326 cm³/mol. The summed E-state index contributed by atoms with van der Waals surface area (Å²) < 4.78 is 19.1. The van der Waals surface area contributed by atoms with Gasteiger partial charge in [-0.2, -0.15) is 0 Å². The maximum absolute atomic E-state index is 14.1. The van der Waals surface area contributed by atoms with E-state index in [-0.39, 0.29) is 72.8 Å². The van der Waals surface area contributed by atoms with Crippen molar-refractivity contribution in [2.24, 2.45) is 34.0 Å². The summed E-state index contributed by atoms with van der Waals surface area (Å²) in [5, 5.41) is 42.7. The molecule has 0 unspecified atom stereocenters. The van der Waals surface area contributed by atoms with E-state index >= 15 is 0 Å². The van der Waals surface area contributed by atoms with Gasteiger partial charge < -0.3 is 66.5 Å². The van der Waals surface area contributed by atoms with Gasteiger partial charge in [-0.15, -0.1) is 5.53 Å². The lowest BCUT2D eigenvalue weighted by molar-refractivity contribution is -0.201. The van der Waals surface area contributed by atoms with Gasteiger partial charge in [0.05, 0.1) is 42.4 Å². The highest BCUT2D eigenvalue weighted by molar-refractivity contribution is 6.03. The summed E-state index contributed by atoms with van der Waals surface area (Å²) in [5.41, 5.74) is 14.9. The van der Waals surface area contributed by atoms with Gasteiger partial charge in [0.2, 0.25) is 23.6 Å². The number of hydrogen-bond donors (Lipinski definition) is 10. The Morgan fingerprint density at radius 3 is 2.30 bits per heavy atom. The second kappa shape index (κ2) is 23.4. The number of benzene rings is 4. The number of aliphatic hydroxyl groups excluding tert-OH is 2. The molecule has 0 radical (unpaired) electrons. The number of anilines is 2. The van der Waals surface area contributed by atoms with Crippen molar-refractivity contribution in [1.29, 1.82) is 0 Å². The van der Waals surface area contributed by atoms with Crippen LogP contribution in [0, 0.1) is 34.0 Å². The molecule has 5 amide bonds. The van der Waals surface area contributed by atoms with Crippen molar-refractivity contribution in [3.63, 3.8) is 0 Å². The summed E-state index contributed by atoms with van der Waals surface area (Å²) in [6.45, 7) is 3.10. The van der Waals surface area contributed by atoms with Crippen LogP contribution in [0.4, 0.5) is 16.2 Å². The molecule has 90 heavy (non-hydrogen) atoms. The second-order valence-corrected chi connectivity index (χ2v) is 26.6. The molecule has 22 nitrogen and oxygen atoms in total. The van der Waals surface area contributed by atoms with Crippen molar-refractivity contribution < 1.29 is 67.9 Å². The van der Waals surface area contributed by atoms with Crippen LogP contribution in [0.2, 0.25) is 0 Å². The number of nitrogens with one attached hydrogen (secondary N) is 7. The molecular weight excluding hydrogens is 1150 g/mol. The van der Waals surface area contributed by atoms with E-state index in [1.165, 1.54) is 0 Å². The van der Waals surface area contributed by atoms with Gasteiger partial charge in [-0.25, -0.2) is 4.79 Å². The number of Topliss-reactive ketones (excluding diaryl/α,β-unsaturated/α-hetero) is 1. The minimum absolute atomic E-state index is 0.00799. The molecule has 10 aliphatic rings. The molecule has 4 aromatic carbocycles. The van der Waals surface area contributed by atoms with Crippen LogP contribution >= 0.6 is 0 Å².